The lowest BCUT2D eigenvalue weighted by Crippen LogP contribution is -2.11. The first kappa shape index (κ1) is 14.0. The molecule has 17 heavy (non-hydrogen) atoms. The maximum atomic E-state index is 13.4. The lowest BCUT2D eigenvalue weighted by Gasteiger charge is -2.17. The van der Waals surface area contributed by atoms with Gasteiger partial charge in [0.1, 0.15) is 5.82 Å². The van der Waals surface area contributed by atoms with E-state index in [9.17, 15) is 17.6 Å². The molecule has 96 valence electrons. The minimum Gasteiger partial charge on any atom is -0.206 e. The molecule has 0 aromatic heterocycles. The maximum absolute atomic E-state index is 13.4. The third-order valence-corrected chi connectivity index (χ3v) is 3.06. The molecule has 1 aromatic carbocycles. The average molecular weight is 248 g/mol. The second kappa shape index (κ2) is 5.07. The van der Waals surface area contributed by atoms with Crippen molar-refractivity contribution in [2.24, 2.45) is 0 Å². The van der Waals surface area contributed by atoms with Crippen molar-refractivity contribution in [3.63, 3.8) is 0 Å². The van der Waals surface area contributed by atoms with Crippen molar-refractivity contribution in [1.82, 2.24) is 0 Å². The summed E-state index contributed by atoms with van der Waals surface area (Å²) < 4.78 is 51.1. The van der Waals surface area contributed by atoms with Crippen LogP contribution in [0.2, 0.25) is 0 Å². The molecule has 0 aliphatic rings. The van der Waals surface area contributed by atoms with Gasteiger partial charge in [0.25, 0.3) is 0 Å². The Kier molecular flexibility index (Phi) is 4.17. The molecule has 1 atom stereocenters. The quantitative estimate of drug-likeness (QED) is 0.666. The van der Waals surface area contributed by atoms with Gasteiger partial charge in [0.05, 0.1) is 5.56 Å². The zero-order chi connectivity index (χ0) is 13.2. The highest BCUT2D eigenvalue weighted by Gasteiger charge is 2.34. The molecule has 1 unspecified atom stereocenters. The Labute approximate surface area is 98.6 Å². The van der Waals surface area contributed by atoms with Crippen molar-refractivity contribution in [3.05, 3.63) is 34.6 Å². The van der Waals surface area contributed by atoms with Crippen molar-refractivity contribution in [2.75, 3.05) is 0 Å². The molecule has 4 heteroatoms. The van der Waals surface area contributed by atoms with Crippen LogP contribution in [0, 0.1) is 5.82 Å². The molecule has 0 N–H and O–H groups in total. The van der Waals surface area contributed by atoms with Crippen LogP contribution >= 0.6 is 0 Å². The van der Waals surface area contributed by atoms with Gasteiger partial charge in [0, 0.05) is 0 Å². The molecule has 0 bridgehead atoms. The highest BCUT2D eigenvalue weighted by atomic mass is 19.4. The van der Waals surface area contributed by atoms with Crippen LogP contribution < -0.4 is 0 Å². The fourth-order valence-corrected chi connectivity index (χ4v) is 1.84. The van der Waals surface area contributed by atoms with E-state index in [4.69, 9.17) is 0 Å². The molecule has 0 aliphatic carbocycles. The molecule has 0 radical (unpaired) electrons. The first-order valence-electron chi connectivity index (χ1n) is 5.70. The summed E-state index contributed by atoms with van der Waals surface area (Å²) in [5.41, 5.74) is 0.0926. The van der Waals surface area contributed by atoms with E-state index in [1.165, 1.54) is 0 Å². The summed E-state index contributed by atoms with van der Waals surface area (Å²) in [5.74, 6) is -1.10. The Morgan fingerprint density at radius 1 is 1.18 bits per heavy atom. The first-order chi connectivity index (χ1) is 7.81. The number of hydrogen-bond acceptors (Lipinski definition) is 0. The molecule has 0 nitrogen and oxygen atoms in total. The minimum atomic E-state index is -4.62. The number of benzene rings is 1. The van der Waals surface area contributed by atoms with Crippen LogP contribution in [-0.2, 0) is 12.6 Å². The largest absolute Gasteiger partial charge is 0.419 e. The SMILES string of the molecule is CCc1cc(C(F)(F)F)c(F)cc1C(C)CC. The maximum Gasteiger partial charge on any atom is 0.419 e. The normalized spacial score (nSPS) is 13.8. The predicted molar refractivity (Wildman–Crippen MR) is 59.5 cm³/mol. The van der Waals surface area contributed by atoms with E-state index >= 15 is 0 Å². The lowest BCUT2D eigenvalue weighted by molar-refractivity contribution is -0.140. The van der Waals surface area contributed by atoms with Crippen molar-refractivity contribution in [3.8, 4) is 0 Å². The van der Waals surface area contributed by atoms with Crippen LogP contribution in [0.15, 0.2) is 12.1 Å². The summed E-state index contributed by atoms with van der Waals surface area (Å²) >= 11 is 0. The summed E-state index contributed by atoms with van der Waals surface area (Å²) in [6.07, 6.45) is -3.37. The van der Waals surface area contributed by atoms with Gasteiger partial charge in [0.2, 0.25) is 0 Å². The molecule has 0 aliphatic heterocycles. The fraction of sp³-hybridized carbons (Fsp3) is 0.538. The summed E-state index contributed by atoms with van der Waals surface area (Å²) in [5, 5.41) is 0. The van der Waals surface area contributed by atoms with Crippen molar-refractivity contribution >= 4 is 0 Å². The predicted octanol–water partition coefficient (Wildman–Crippen LogP) is 4.92. The van der Waals surface area contributed by atoms with Gasteiger partial charge in [-0.05, 0) is 42.0 Å². The van der Waals surface area contributed by atoms with Crippen LogP contribution in [0.1, 0.15) is 49.8 Å². The van der Waals surface area contributed by atoms with Crippen molar-refractivity contribution in [2.45, 2.75) is 45.7 Å². The zero-order valence-corrected chi connectivity index (χ0v) is 10.2. The Balaban J connectivity index is 3.35. The molecule has 1 aromatic rings. The topological polar surface area (TPSA) is 0 Å². The first-order valence-corrected chi connectivity index (χ1v) is 5.70. The van der Waals surface area contributed by atoms with Crippen LogP contribution in [-0.4, -0.2) is 0 Å². The lowest BCUT2D eigenvalue weighted by atomic mass is 9.90. The Hall–Kier alpha value is -1.06. The van der Waals surface area contributed by atoms with Gasteiger partial charge in [0.15, 0.2) is 0 Å². The van der Waals surface area contributed by atoms with Crippen LogP contribution in [0.4, 0.5) is 17.6 Å². The van der Waals surface area contributed by atoms with E-state index < -0.39 is 17.6 Å². The third-order valence-electron chi connectivity index (χ3n) is 3.06. The number of halogens is 4. The van der Waals surface area contributed by atoms with Gasteiger partial charge in [-0.1, -0.05) is 20.8 Å². The minimum absolute atomic E-state index is 0.0710. The number of alkyl halides is 3. The van der Waals surface area contributed by atoms with Gasteiger partial charge in [-0.25, -0.2) is 4.39 Å². The van der Waals surface area contributed by atoms with Gasteiger partial charge < -0.3 is 0 Å². The Morgan fingerprint density at radius 2 is 1.76 bits per heavy atom. The molecule has 0 amide bonds. The van der Waals surface area contributed by atoms with Crippen LogP contribution in [0.3, 0.4) is 0 Å². The Bertz CT molecular complexity index is 393. The smallest absolute Gasteiger partial charge is 0.206 e. The molecule has 0 heterocycles. The number of aryl methyl sites for hydroxylation is 1. The third kappa shape index (κ3) is 2.99. The summed E-state index contributed by atoms with van der Waals surface area (Å²) in [4.78, 5) is 0. The molecule has 0 saturated heterocycles. The average Bonchev–Trinajstić information content (AvgIpc) is 2.26. The van der Waals surface area contributed by atoms with Crippen LogP contribution in [0.25, 0.3) is 0 Å². The highest BCUT2D eigenvalue weighted by Crippen LogP contribution is 2.35. The second-order valence-corrected chi connectivity index (χ2v) is 4.19. The zero-order valence-electron chi connectivity index (χ0n) is 10.2. The second-order valence-electron chi connectivity index (χ2n) is 4.19. The van der Waals surface area contributed by atoms with Crippen molar-refractivity contribution in [1.29, 1.82) is 0 Å². The molecule has 0 saturated carbocycles. The van der Waals surface area contributed by atoms with E-state index in [1.54, 1.807) is 6.92 Å². The number of rotatable bonds is 3. The molecule has 1 rings (SSSR count). The van der Waals surface area contributed by atoms with E-state index in [1.807, 2.05) is 13.8 Å². The van der Waals surface area contributed by atoms with Gasteiger partial charge >= 0.3 is 6.18 Å². The molecular formula is C13H16F4. The van der Waals surface area contributed by atoms with Gasteiger partial charge in [-0.3, -0.25) is 0 Å². The molecule has 0 spiro atoms. The monoisotopic (exact) mass is 248 g/mol. The highest BCUT2D eigenvalue weighted by molar-refractivity contribution is 5.36. The van der Waals surface area contributed by atoms with Crippen LogP contribution in [0.5, 0.6) is 0 Å². The number of hydrogen-bond donors (Lipinski definition) is 0. The Morgan fingerprint density at radius 3 is 2.18 bits per heavy atom. The van der Waals surface area contributed by atoms with Gasteiger partial charge in [-0.15, -0.1) is 0 Å². The van der Waals surface area contributed by atoms with E-state index in [2.05, 4.69) is 0 Å². The summed E-state index contributed by atoms with van der Waals surface area (Å²) in [7, 11) is 0. The standard InChI is InChI=1S/C13H16F4/c1-4-8(3)10-7-12(14)11(13(15,16)17)6-9(10)5-2/h6-8H,4-5H2,1-3H3. The van der Waals surface area contributed by atoms with Crippen molar-refractivity contribution < 1.29 is 17.6 Å². The molecule has 0 fully saturated rings. The van der Waals surface area contributed by atoms with E-state index in [-0.39, 0.29) is 5.92 Å². The summed E-state index contributed by atoms with van der Waals surface area (Å²) in [6, 6.07) is 1.98. The van der Waals surface area contributed by atoms with Gasteiger partial charge in [-0.2, -0.15) is 13.2 Å². The fourth-order valence-electron chi connectivity index (χ4n) is 1.84. The molecular weight excluding hydrogens is 232 g/mol. The van der Waals surface area contributed by atoms with E-state index in [0.29, 0.717) is 17.5 Å². The summed E-state index contributed by atoms with van der Waals surface area (Å²) in [6.45, 7) is 5.60. The van der Waals surface area contributed by atoms with E-state index in [0.717, 1.165) is 18.6 Å².